The molecule has 0 radical (unpaired) electrons. The smallest absolute Gasteiger partial charge is 0.360 e. The summed E-state index contributed by atoms with van der Waals surface area (Å²) in [5, 5.41) is 14.7. The highest BCUT2D eigenvalue weighted by Crippen LogP contribution is 2.42. The second-order valence-corrected chi connectivity index (χ2v) is 7.53. The van der Waals surface area contributed by atoms with Gasteiger partial charge in [0.1, 0.15) is 5.56 Å². The fourth-order valence-electron chi connectivity index (χ4n) is 2.36. The van der Waals surface area contributed by atoms with E-state index in [0.29, 0.717) is 12.1 Å². The molecule has 1 aliphatic carbocycles. The van der Waals surface area contributed by atoms with Crippen molar-refractivity contribution in [1.29, 1.82) is 0 Å². The number of nitro benzene ring substituents is 1. The predicted octanol–water partition coefficient (Wildman–Crippen LogP) is 2.98. The summed E-state index contributed by atoms with van der Waals surface area (Å²) >= 11 is 0. The first kappa shape index (κ1) is 18.0. The zero-order chi connectivity index (χ0) is 19.3. The van der Waals surface area contributed by atoms with Gasteiger partial charge in [0.15, 0.2) is 5.76 Å². The van der Waals surface area contributed by atoms with Crippen LogP contribution in [-0.2, 0) is 9.84 Å². The van der Waals surface area contributed by atoms with Crippen LogP contribution in [0.15, 0.2) is 33.8 Å². The third-order valence-electron chi connectivity index (χ3n) is 3.82. The second kappa shape index (κ2) is 5.90. The number of ketones is 1. The Morgan fingerprint density at radius 3 is 2.46 bits per heavy atom. The first-order valence-corrected chi connectivity index (χ1v) is 8.61. The van der Waals surface area contributed by atoms with Crippen LogP contribution < -0.4 is 0 Å². The largest absolute Gasteiger partial charge is 0.501 e. The number of carbonyl (C=O) groups excluding carboxylic acids is 1. The lowest BCUT2D eigenvalue weighted by Crippen LogP contribution is -2.23. The lowest BCUT2D eigenvalue weighted by molar-refractivity contribution is -0.385. The summed E-state index contributed by atoms with van der Waals surface area (Å²) in [6.07, 6.45) is 2.57. The molecule has 1 aliphatic rings. The normalized spacial score (nSPS) is 15.0. The average Bonchev–Trinajstić information content (AvgIpc) is 3.29. The third-order valence-corrected chi connectivity index (χ3v) is 5.30. The van der Waals surface area contributed by atoms with Crippen LogP contribution in [0.5, 0.6) is 0 Å². The molecule has 1 heterocycles. The molecule has 3 rings (SSSR count). The fourth-order valence-corrected chi connectivity index (χ4v) is 3.14. The maximum Gasteiger partial charge on any atom is 0.501 e. The van der Waals surface area contributed by atoms with Crippen LogP contribution in [-0.4, -0.2) is 29.8 Å². The van der Waals surface area contributed by atoms with E-state index in [-0.39, 0.29) is 23.3 Å². The molecule has 0 atom stereocenters. The van der Waals surface area contributed by atoms with Gasteiger partial charge >= 0.3 is 5.51 Å². The number of nitrogens with zero attached hydrogens (tertiary/aromatic N) is 2. The number of halogens is 3. The number of alkyl halides is 3. The van der Waals surface area contributed by atoms with E-state index >= 15 is 0 Å². The predicted molar refractivity (Wildman–Crippen MR) is 78.2 cm³/mol. The number of benzene rings is 1. The maximum atomic E-state index is 12.6. The van der Waals surface area contributed by atoms with Crippen molar-refractivity contribution < 1.29 is 35.8 Å². The molecule has 0 aliphatic heterocycles. The summed E-state index contributed by atoms with van der Waals surface area (Å²) in [4.78, 5) is 21.3. The van der Waals surface area contributed by atoms with Crippen LogP contribution in [0.25, 0.3) is 0 Å². The van der Waals surface area contributed by atoms with Gasteiger partial charge in [-0.2, -0.15) is 13.2 Å². The minimum atomic E-state index is -5.79. The van der Waals surface area contributed by atoms with E-state index in [0.717, 1.165) is 19.0 Å². The van der Waals surface area contributed by atoms with E-state index in [2.05, 4.69) is 5.16 Å². The van der Waals surface area contributed by atoms with Gasteiger partial charge in [0, 0.05) is 12.0 Å². The Bertz CT molecular complexity index is 1010. The summed E-state index contributed by atoms with van der Waals surface area (Å²) in [5.74, 6) is -0.674. The number of carbonyl (C=O) groups is 1. The van der Waals surface area contributed by atoms with E-state index < -0.39 is 42.2 Å². The lowest BCUT2D eigenvalue weighted by Gasteiger charge is -2.09. The van der Waals surface area contributed by atoms with E-state index in [9.17, 15) is 36.5 Å². The van der Waals surface area contributed by atoms with Crippen molar-refractivity contribution in [3.8, 4) is 0 Å². The molecule has 1 aromatic heterocycles. The van der Waals surface area contributed by atoms with Crippen molar-refractivity contribution in [3.63, 3.8) is 0 Å². The van der Waals surface area contributed by atoms with Gasteiger partial charge in [-0.3, -0.25) is 14.9 Å². The van der Waals surface area contributed by atoms with Crippen molar-refractivity contribution in [2.45, 2.75) is 29.2 Å². The van der Waals surface area contributed by atoms with Crippen molar-refractivity contribution in [3.05, 3.63) is 51.4 Å². The zero-order valence-electron chi connectivity index (χ0n) is 12.7. The van der Waals surface area contributed by atoms with Gasteiger partial charge in [-0.25, -0.2) is 8.42 Å². The molecular formula is C14H9F3N2O6S. The topological polar surface area (TPSA) is 120 Å². The van der Waals surface area contributed by atoms with Crippen molar-refractivity contribution in [2.75, 3.05) is 0 Å². The Morgan fingerprint density at radius 2 is 1.92 bits per heavy atom. The van der Waals surface area contributed by atoms with Gasteiger partial charge in [0.05, 0.1) is 21.6 Å². The molecule has 0 N–H and O–H groups in total. The standard InChI is InChI=1S/C14H9F3N2O6S/c15-14(16,17)26(23,24)8-3-4-9(11(5-8)19(21)22)12(20)10-6-18-25-13(10)7-1-2-7/h3-7H,1-2H2. The van der Waals surface area contributed by atoms with Gasteiger partial charge in [-0.15, -0.1) is 0 Å². The summed E-state index contributed by atoms with van der Waals surface area (Å²) in [6, 6.07) is 1.41. The van der Waals surface area contributed by atoms with Gasteiger partial charge in [-0.05, 0) is 25.0 Å². The molecule has 8 nitrogen and oxygen atoms in total. The van der Waals surface area contributed by atoms with Gasteiger partial charge in [0.2, 0.25) is 5.78 Å². The van der Waals surface area contributed by atoms with Gasteiger partial charge < -0.3 is 4.52 Å². The van der Waals surface area contributed by atoms with Gasteiger partial charge in [-0.1, -0.05) is 5.16 Å². The molecule has 12 heteroatoms. The van der Waals surface area contributed by atoms with Crippen LogP contribution in [0, 0.1) is 10.1 Å². The van der Waals surface area contributed by atoms with Crippen LogP contribution >= 0.6 is 0 Å². The molecule has 2 aromatic rings. The molecule has 0 amide bonds. The summed E-state index contributed by atoms with van der Waals surface area (Å²) in [6.45, 7) is 0. The molecule has 0 unspecified atom stereocenters. The minimum absolute atomic E-state index is 0.0398. The summed E-state index contributed by atoms with van der Waals surface area (Å²) in [5.41, 5.74) is -7.27. The number of rotatable bonds is 5. The minimum Gasteiger partial charge on any atom is -0.360 e. The average molecular weight is 390 g/mol. The van der Waals surface area contributed by atoms with Crippen LogP contribution in [0.1, 0.15) is 40.4 Å². The van der Waals surface area contributed by atoms with E-state index in [1.807, 2.05) is 0 Å². The Balaban J connectivity index is 2.10. The third kappa shape index (κ3) is 2.96. The Labute approximate surface area is 143 Å². The number of hydrogen-bond acceptors (Lipinski definition) is 7. The monoisotopic (exact) mass is 390 g/mol. The highest BCUT2D eigenvalue weighted by Gasteiger charge is 2.47. The Morgan fingerprint density at radius 1 is 1.27 bits per heavy atom. The van der Waals surface area contributed by atoms with Crippen molar-refractivity contribution >= 4 is 21.3 Å². The Hall–Kier alpha value is -2.76. The quantitative estimate of drug-likeness (QED) is 0.437. The molecule has 0 bridgehead atoms. The van der Waals surface area contributed by atoms with Crippen molar-refractivity contribution in [1.82, 2.24) is 5.16 Å². The first-order valence-electron chi connectivity index (χ1n) is 7.13. The maximum absolute atomic E-state index is 12.6. The zero-order valence-corrected chi connectivity index (χ0v) is 13.5. The van der Waals surface area contributed by atoms with Gasteiger partial charge in [0.25, 0.3) is 15.5 Å². The molecule has 1 saturated carbocycles. The Kier molecular flexibility index (Phi) is 4.09. The second-order valence-electron chi connectivity index (χ2n) is 5.59. The van der Waals surface area contributed by atoms with Crippen molar-refractivity contribution in [2.24, 2.45) is 0 Å². The SMILES string of the molecule is O=C(c1ccc(S(=O)(=O)C(F)(F)F)cc1[N+](=O)[O-])c1cnoc1C1CC1. The summed E-state index contributed by atoms with van der Waals surface area (Å²) < 4.78 is 65.7. The number of sulfone groups is 1. The van der Waals surface area contributed by atoms with Crippen LogP contribution in [0.3, 0.4) is 0 Å². The van der Waals surface area contributed by atoms with Crippen LogP contribution in [0.2, 0.25) is 0 Å². The van der Waals surface area contributed by atoms with E-state index in [1.165, 1.54) is 0 Å². The molecule has 0 spiro atoms. The van der Waals surface area contributed by atoms with E-state index in [1.54, 1.807) is 0 Å². The number of nitro groups is 1. The molecule has 1 aromatic carbocycles. The highest BCUT2D eigenvalue weighted by molar-refractivity contribution is 7.92. The summed E-state index contributed by atoms with van der Waals surface area (Å²) in [7, 11) is -5.79. The van der Waals surface area contributed by atoms with Crippen LogP contribution in [0.4, 0.5) is 18.9 Å². The number of aromatic nitrogens is 1. The lowest BCUT2D eigenvalue weighted by atomic mass is 10.0. The molecule has 138 valence electrons. The first-order chi connectivity index (χ1) is 12.0. The molecular weight excluding hydrogens is 381 g/mol. The highest BCUT2D eigenvalue weighted by atomic mass is 32.2. The molecule has 1 fully saturated rings. The molecule has 0 saturated heterocycles. The number of hydrogen-bond donors (Lipinski definition) is 0. The molecule has 26 heavy (non-hydrogen) atoms. The fraction of sp³-hybridized carbons (Fsp3) is 0.286. The van der Waals surface area contributed by atoms with E-state index in [4.69, 9.17) is 4.52 Å².